The van der Waals surface area contributed by atoms with E-state index in [1.54, 1.807) is 29.5 Å². The summed E-state index contributed by atoms with van der Waals surface area (Å²) in [7, 11) is 0. The lowest BCUT2D eigenvalue weighted by atomic mass is 9.91. The Balaban J connectivity index is 0.768. The first-order valence-corrected chi connectivity index (χ1v) is 23.4. The molecule has 4 N–H and O–H groups in total. The molecule has 5 aromatic rings. The van der Waals surface area contributed by atoms with Crippen LogP contribution in [0.1, 0.15) is 69.0 Å². The van der Waals surface area contributed by atoms with E-state index >= 15 is 0 Å². The summed E-state index contributed by atoms with van der Waals surface area (Å²) in [5, 5.41) is 40.8. The lowest BCUT2D eigenvalue weighted by Gasteiger charge is -2.49. The maximum absolute atomic E-state index is 14.3. The Morgan fingerprint density at radius 3 is 2.62 bits per heavy atom. The second kappa shape index (κ2) is 18.8. The van der Waals surface area contributed by atoms with Crippen molar-refractivity contribution >= 4 is 34.7 Å². The number of ether oxygens (including phenoxy) is 1. The number of aromatic nitrogens is 4. The second-order valence-electron chi connectivity index (χ2n) is 18.0. The molecule has 3 fully saturated rings. The van der Waals surface area contributed by atoms with E-state index in [2.05, 4.69) is 45.7 Å². The van der Waals surface area contributed by atoms with E-state index in [0.717, 1.165) is 91.9 Å². The summed E-state index contributed by atoms with van der Waals surface area (Å²) in [6.45, 7) is 14.5. The van der Waals surface area contributed by atoms with E-state index in [9.17, 15) is 19.8 Å². The molecule has 9 rings (SSSR count). The molecule has 4 aliphatic heterocycles. The number of likely N-dealkylation sites (tertiary alicyclic amines) is 2. The van der Waals surface area contributed by atoms with E-state index in [-0.39, 0.29) is 42.5 Å². The number of phenolic OH excluding ortho intramolecular Hbond substituents is 1. The number of rotatable bonds is 13. The Hall–Kier alpha value is -5.62. The van der Waals surface area contributed by atoms with Crippen molar-refractivity contribution in [2.75, 3.05) is 69.2 Å². The average Bonchev–Trinajstić information content (AvgIpc) is 4.06. The monoisotopic (exact) mass is 890 g/mol. The van der Waals surface area contributed by atoms with Crippen LogP contribution >= 0.6 is 11.3 Å². The fourth-order valence-electron chi connectivity index (χ4n) is 9.88. The number of aliphatic hydroxyl groups is 1. The number of nitrogens with zero attached hydrogens (tertiary/aromatic N) is 8. The molecule has 0 unspecified atom stereocenters. The predicted octanol–water partition coefficient (Wildman–Crippen LogP) is 5.31. The molecule has 6 atom stereocenters. The highest BCUT2D eigenvalue weighted by atomic mass is 32.1. The van der Waals surface area contributed by atoms with Gasteiger partial charge in [-0.2, -0.15) is 0 Å². The van der Waals surface area contributed by atoms with Crippen LogP contribution in [0, 0.1) is 12.8 Å². The van der Waals surface area contributed by atoms with Gasteiger partial charge in [-0.25, -0.2) is 4.98 Å². The number of aliphatic hydroxyl groups excluding tert-OH is 1. The fraction of sp³-hybridized carbons (Fsp3) is 0.489. The number of phenols is 1. The number of carbonyl (C=O) groups excluding carboxylic acids is 2. The average molecular weight is 891 g/mol. The molecule has 0 saturated carbocycles. The number of nitrogens with one attached hydrogen (secondary N) is 2. The van der Waals surface area contributed by atoms with Gasteiger partial charge in [-0.3, -0.25) is 19.4 Å². The van der Waals surface area contributed by atoms with Crippen molar-refractivity contribution in [2.45, 2.75) is 83.1 Å². The third-order valence-electron chi connectivity index (χ3n) is 13.3. The van der Waals surface area contributed by atoms with E-state index in [1.807, 2.05) is 75.7 Å². The molecule has 3 aromatic heterocycles. The van der Waals surface area contributed by atoms with Crippen molar-refractivity contribution in [1.82, 2.24) is 40.4 Å². The number of fused-ring (bicyclic) bond motifs is 3. The van der Waals surface area contributed by atoms with Gasteiger partial charge in [0.2, 0.25) is 11.8 Å². The topological polar surface area (TPSA) is 186 Å². The van der Waals surface area contributed by atoms with Gasteiger partial charge in [-0.15, -0.1) is 21.5 Å². The summed E-state index contributed by atoms with van der Waals surface area (Å²) < 4.78 is 11.9. The molecule has 4 aliphatic rings. The fourth-order valence-corrected chi connectivity index (χ4v) is 10.7. The minimum Gasteiger partial charge on any atom is -0.507 e. The van der Waals surface area contributed by atoms with Crippen molar-refractivity contribution < 1.29 is 29.1 Å². The summed E-state index contributed by atoms with van der Waals surface area (Å²) in [4.78, 5) is 42.5. The molecule has 338 valence electrons. The quantitative estimate of drug-likeness (QED) is 0.119. The van der Waals surface area contributed by atoms with Crippen LogP contribution in [0.5, 0.6) is 11.6 Å². The Labute approximate surface area is 377 Å². The number of hydrogen-bond donors (Lipinski definition) is 4. The summed E-state index contributed by atoms with van der Waals surface area (Å²) in [5.41, 5.74) is 7.18. The minimum absolute atomic E-state index is 0.0594. The Morgan fingerprint density at radius 1 is 1.02 bits per heavy atom. The molecule has 17 heteroatoms. The molecule has 0 bridgehead atoms. The number of benzene rings is 2. The third kappa shape index (κ3) is 9.16. The highest BCUT2D eigenvalue weighted by molar-refractivity contribution is 7.13. The molecule has 16 nitrogen and oxygen atoms in total. The number of aromatic hydroxyl groups is 1. The van der Waals surface area contributed by atoms with Gasteiger partial charge in [0.05, 0.1) is 45.7 Å². The first-order chi connectivity index (χ1) is 31.0. The highest BCUT2D eigenvalue weighted by Crippen LogP contribution is 2.37. The molecule has 2 aromatic carbocycles. The van der Waals surface area contributed by atoms with Crippen molar-refractivity contribution in [3.8, 4) is 33.3 Å². The molecule has 2 amide bonds. The zero-order valence-corrected chi connectivity index (χ0v) is 37.7. The third-order valence-corrected chi connectivity index (χ3v) is 14.3. The van der Waals surface area contributed by atoms with Gasteiger partial charge in [0.25, 0.3) is 5.88 Å². The number of hydrogen-bond acceptors (Lipinski definition) is 15. The molecule has 64 heavy (non-hydrogen) atoms. The molecule has 0 radical (unpaired) electrons. The number of anilines is 2. The van der Waals surface area contributed by atoms with Crippen LogP contribution in [0.2, 0.25) is 0 Å². The van der Waals surface area contributed by atoms with Crippen LogP contribution in [0.15, 0.2) is 70.7 Å². The first kappa shape index (κ1) is 43.6. The number of amides is 2. The number of piperazine rings is 1. The number of thiazole rings is 1. The van der Waals surface area contributed by atoms with Crippen LogP contribution in [0.25, 0.3) is 21.7 Å². The predicted molar refractivity (Wildman–Crippen MR) is 244 cm³/mol. The zero-order valence-electron chi connectivity index (χ0n) is 36.9. The first-order valence-electron chi connectivity index (χ1n) is 22.5. The summed E-state index contributed by atoms with van der Waals surface area (Å²) >= 11 is 1.59. The molecular weight excluding hydrogens is 833 g/mol. The van der Waals surface area contributed by atoms with Crippen LogP contribution in [0.3, 0.4) is 0 Å². The Bertz CT molecular complexity index is 2430. The van der Waals surface area contributed by atoms with Crippen LogP contribution in [0.4, 0.5) is 11.5 Å². The minimum atomic E-state index is -0.823. The standard InChI is InChI=1S/C47H58N10O6S/c1-28(2)43(47(61)57-26-35(58)20-39(57)46(60)50-29(3)31-11-13-32(14-12-31)44-30(4)49-27-64-44)41-22-42(53-63-41)62-19-18-54-15-7-8-33(24-54)55-16-17-56-34(25-55)23-48-45-38(56)21-37(51-52-45)36-9-5-6-10-40(36)59/h5-6,9-14,21-22,27-29,33-35,39,43,58-59H,7-8,15-20,23-26H2,1-4H3,(H,48,52)(H,50,60)/t29-,33+,34+,35+,39-,43+/m0/s1. The van der Waals surface area contributed by atoms with Crippen molar-refractivity contribution in [3.63, 3.8) is 0 Å². The van der Waals surface area contributed by atoms with Gasteiger partial charge in [0.1, 0.15) is 24.3 Å². The van der Waals surface area contributed by atoms with Gasteiger partial charge in [0.15, 0.2) is 11.6 Å². The van der Waals surface area contributed by atoms with Crippen molar-refractivity contribution in [1.29, 1.82) is 0 Å². The Kier molecular flexibility index (Phi) is 12.8. The smallest absolute Gasteiger partial charge is 0.254 e. The normalized spacial score (nSPS) is 22.4. The SMILES string of the molecule is Cc1ncsc1-c1ccc([C@H](C)NC(=O)[C@@H]2C[C@@H](O)CN2C(=O)[C@@H](c2cc(OCCN3CCC[C@@H](N4CCN5c6cc(-c7ccccc7O)nnc6NC[C@@H]5C4)C3)no2)C(C)C)cc1. The second-order valence-corrected chi connectivity index (χ2v) is 18.8. The number of piperidine rings is 1. The molecule has 3 saturated heterocycles. The van der Waals surface area contributed by atoms with E-state index < -0.39 is 18.1 Å². The molecule has 0 aliphatic carbocycles. The number of β-amino-alcohol motifs (C(OH)–C–C–N with tert-alkyl or cyclic N) is 1. The number of aryl methyl sites for hydroxylation is 1. The summed E-state index contributed by atoms with van der Waals surface area (Å²) in [6.07, 6.45) is 1.58. The van der Waals surface area contributed by atoms with Crippen molar-refractivity contribution in [3.05, 3.63) is 83.2 Å². The molecular formula is C47H58N10O6S. The van der Waals surface area contributed by atoms with E-state index in [0.29, 0.717) is 41.6 Å². The van der Waals surface area contributed by atoms with E-state index in [1.165, 1.54) is 4.90 Å². The molecule has 7 heterocycles. The van der Waals surface area contributed by atoms with Crippen LogP contribution < -0.4 is 20.3 Å². The van der Waals surface area contributed by atoms with Gasteiger partial charge < -0.3 is 39.9 Å². The maximum atomic E-state index is 14.3. The number of carbonyl (C=O) groups is 2. The Morgan fingerprint density at radius 2 is 1.84 bits per heavy atom. The highest BCUT2D eigenvalue weighted by Gasteiger charge is 2.44. The molecule has 0 spiro atoms. The van der Waals surface area contributed by atoms with Gasteiger partial charge >= 0.3 is 0 Å². The van der Waals surface area contributed by atoms with Crippen molar-refractivity contribution in [2.24, 2.45) is 5.92 Å². The van der Waals surface area contributed by atoms with Crippen LogP contribution in [-0.4, -0.2) is 140 Å². The van der Waals surface area contributed by atoms with Gasteiger partial charge in [0, 0.05) is 69.9 Å². The maximum Gasteiger partial charge on any atom is 0.254 e. The number of para-hydroxylation sites is 1. The van der Waals surface area contributed by atoms with Gasteiger partial charge in [-0.05, 0) is 73.6 Å². The largest absolute Gasteiger partial charge is 0.507 e. The lowest BCUT2D eigenvalue weighted by molar-refractivity contribution is -0.141. The summed E-state index contributed by atoms with van der Waals surface area (Å²) in [5.74, 6) is 0.188. The zero-order chi connectivity index (χ0) is 44.5. The summed E-state index contributed by atoms with van der Waals surface area (Å²) in [6, 6.07) is 18.6. The van der Waals surface area contributed by atoms with Gasteiger partial charge in [-0.1, -0.05) is 50.2 Å². The lowest BCUT2D eigenvalue weighted by Crippen LogP contribution is -2.62. The van der Waals surface area contributed by atoms with E-state index in [4.69, 9.17) is 9.26 Å². The van der Waals surface area contributed by atoms with Crippen LogP contribution in [-0.2, 0) is 9.59 Å².